The first kappa shape index (κ1) is 20.5. The summed E-state index contributed by atoms with van der Waals surface area (Å²) in [5.74, 6) is -1.27. The van der Waals surface area contributed by atoms with Crippen LogP contribution in [0, 0.1) is 15.5 Å². The molecule has 1 saturated heterocycles. The standard InChI is InChI=1S/C22H22N4O5/c1-3-11-25-20(28)22(19(27)23-21(25)29)13-15-12-16(26(30)31)9-10-17(15)24(2)18(22)14-7-5-4-6-8-14/h4-10,12,18H,3,11,13H2,1-2H3,(H,23,27,29)/t18-,22-/m1/s1. The number of fused-ring (bicyclic) bond motifs is 1. The van der Waals surface area contributed by atoms with E-state index in [-0.39, 0.29) is 18.7 Å². The van der Waals surface area contributed by atoms with Crippen molar-refractivity contribution in [3.63, 3.8) is 0 Å². The van der Waals surface area contributed by atoms with Crippen molar-refractivity contribution in [2.45, 2.75) is 25.8 Å². The summed E-state index contributed by atoms with van der Waals surface area (Å²) in [4.78, 5) is 53.2. The van der Waals surface area contributed by atoms with E-state index in [9.17, 15) is 24.5 Å². The van der Waals surface area contributed by atoms with E-state index < -0.39 is 34.2 Å². The molecule has 0 bridgehead atoms. The summed E-state index contributed by atoms with van der Waals surface area (Å²) >= 11 is 0. The largest absolute Gasteiger partial charge is 0.366 e. The Morgan fingerprint density at radius 1 is 1.16 bits per heavy atom. The number of hydrogen-bond acceptors (Lipinski definition) is 6. The number of nitrogens with zero attached hydrogens (tertiary/aromatic N) is 3. The number of imide groups is 2. The lowest BCUT2D eigenvalue weighted by Gasteiger charge is -2.51. The minimum atomic E-state index is -1.64. The van der Waals surface area contributed by atoms with Crippen molar-refractivity contribution in [3.8, 4) is 0 Å². The topological polar surface area (TPSA) is 113 Å². The number of carbonyl (C=O) groups is 3. The van der Waals surface area contributed by atoms with Crippen LogP contribution in [0.3, 0.4) is 0 Å². The average molecular weight is 422 g/mol. The van der Waals surface area contributed by atoms with E-state index in [1.54, 1.807) is 18.0 Å². The monoisotopic (exact) mass is 422 g/mol. The van der Waals surface area contributed by atoms with Crippen molar-refractivity contribution in [1.82, 2.24) is 10.2 Å². The summed E-state index contributed by atoms with van der Waals surface area (Å²) in [6, 6.07) is 12.2. The first-order chi connectivity index (χ1) is 14.8. The van der Waals surface area contributed by atoms with Gasteiger partial charge in [-0.15, -0.1) is 0 Å². The lowest BCUT2D eigenvalue weighted by Crippen LogP contribution is -2.69. The number of amides is 4. The van der Waals surface area contributed by atoms with Gasteiger partial charge in [0.1, 0.15) is 0 Å². The molecule has 160 valence electrons. The number of carbonyl (C=O) groups excluding carboxylic acids is 3. The fourth-order valence-corrected chi connectivity index (χ4v) is 4.71. The van der Waals surface area contributed by atoms with Gasteiger partial charge in [-0.3, -0.25) is 29.9 Å². The van der Waals surface area contributed by atoms with Crippen LogP contribution in [-0.4, -0.2) is 41.3 Å². The van der Waals surface area contributed by atoms with Gasteiger partial charge in [-0.1, -0.05) is 37.3 Å². The third-order valence-corrected chi connectivity index (χ3v) is 6.04. The van der Waals surface area contributed by atoms with Gasteiger partial charge in [0.2, 0.25) is 11.8 Å². The van der Waals surface area contributed by atoms with E-state index >= 15 is 0 Å². The maximum Gasteiger partial charge on any atom is 0.330 e. The van der Waals surface area contributed by atoms with Crippen molar-refractivity contribution >= 4 is 29.2 Å². The van der Waals surface area contributed by atoms with E-state index in [4.69, 9.17) is 0 Å². The second-order valence-corrected chi connectivity index (χ2v) is 7.86. The van der Waals surface area contributed by atoms with E-state index in [0.29, 0.717) is 17.7 Å². The predicted octanol–water partition coefficient (Wildman–Crippen LogP) is 2.80. The molecule has 4 amide bonds. The minimum Gasteiger partial charge on any atom is -0.366 e. The van der Waals surface area contributed by atoms with Crippen molar-refractivity contribution < 1.29 is 19.3 Å². The molecule has 2 atom stereocenters. The second-order valence-electron chi connectivity index (χ2n) is 7.86. The Labute approximate surface area is 178 Å². The first-order valence-corrected chi connectivity index (χ1v) is 10.0. The van der Waals surface area contributed by atoms with Gasteiger partial charge in [-0.05, 0) is 23.6 Å². The van der Waals surface area contributed by atoms with Gasteiger partial charge < -0.3 is 4.90 Å². The quantitative estimate of drug-likeness (QED) is 0.461. The van der Waals surface area contributed by atoms with E-state index in [0.717, 1.165) is 10.5 Å². The van der Waals surface area contributed by atoms with E-state index in [2.05, 4.69) is 5.32 Å². The summed E-state index contributed by atoms with van der Waals surface area (Å²) in [7, 11) is 1.75. The number of hydrogen-bond donors (Lipinski definition) is 1. The molecule has 2 aliphatic rings. The number of benzene rings is 2. The summed E-state index contributed by atoms with van der Waals surface area (Å²) in [5, 5.41) is 13.7. The zero-order valence-corrected chi connectivity index (χ0v) is 17.2. The maximum absolute atomic E-state index is 13.8. The minimum absolute atomic E-state index is 0.0495. The van der Waals surface area contributed by atoms with Gasteiger partial charge in [-0.25, -0.2) is 4.79 Å². The second kappa shape index (κ2) is 7.50. The van der Waals surface area contributed by atoms with Crippen LogP contribution in [0.4, 0.5) is 16.2 Å². The Hall–Kier alpha value is -3.75. The van der Waals surface area contributed by atoms with Crippen molar-refractivity contribution in [2.75, 3.05) is 18.5 Å². The Morgan fingerprint density at radius 2 is 1.87 bits per heavy atom. The van der Waals surface area contributed by atoms with Gasteiger partial charge in [0.15, 0.2) is 5.41 Å². The van der Waals surface area contributed by atoms with Gasteiger partial charge in [0.05, 0.1) is 11.0 Å². The van der Waals surface area contributed by atoms with Crippen LogP contribution in [0.5, 0.6) is 0 Å². The zero-order chi connectivity index (χ0) is 22.3. The molecule has 0 saturated carbocycles. The third kappa shape index (κ3) is 3.04. The molecule has 4 rings (SSSR count). The SMILES string of the molecule is CCCN1C(=O)NC(=O)[C@]2(Cc3cc([N+](=O)[O-])ccc3N(C)[C@@H]2c2ccccc2)C1=O. The first-order valence-electron chi connectivity index (χ1n) is 10.0. The Morgan fingerprint density at radius 3 is 2.52 bits per heavy atom. The van der Waals surface area contributed by atoms with E-state index in [1.807, 2.05) is 37.3 Å². The number of nitro groups is 1. The molecule has 0 radical (unpaired) electrons. The maximum atomic E-state index is 13.8. The molecular formula is C22H22N4O5. The fraction of sp³-hybridized carbons (Fsp3) is 0.318. The molecule has 2 heterocycles. The van der Waals surface area contributed by atoms with Gasteiger partial charge in [-0.2, -0.15) is 0 Å². The van der Waals surface area contributed by atoms with Crippen molar-refractivity contribution in [2.24, 2.45) is 5.41 Å². The third-order valence-electron chi connectivity index (χ3n) is 6.04. The molecule has 0 unspecified atom stereocenters. The number of barbiturate groups is 1. The molecule has 2 aromatic carbocycles. The van der Waals surface area contributed by atoms with Crippen LogP contribution in [0.15, 0.2) is 48.5 Å². The Kier molecular flexibility index (Phi) is 4.96. The Bertz CT molecular complexity index is 1090. The van der Waals surface area contributed by atoms with Crippen LogP contribution < -0.4 is 10.2 Å². The number of anilines is 1. The highest BCUT2D eigenvalue weighted by molar-refractivity contribution is 6.20. The number of nitro benzene ring substituents is 1. The Balaban J connectivity index is 1.95. The van der Waals surface area contributed by atoms with Gasteiger partial charge in [0, 0.05) is 37.8 Å². The molecule has 31 heavy (non-hydrogen) atoms. The average Bonchev–Trinajstić information content (AvgIpc) is 2.75. The lowest BCUT2D eigenvalue weighted by molar-refractivity contribution is -0.384. The highest BCUT2D eigenvalue weighted by Crippen LogP contribution is 2.51. The molecule has 2 aliphatic heterocycles. The molecular weight excluding hydrogens is 400 g/mol. The molecule has 1 spiro atoms. The molecule has 0 aliphatic carbocycles. The summed E-state index contributed by atoms with van der Waals surface area (Å²) in [6.07, 6.45) is 0.489. The van der Waals surface area contributed by atoms with Gasteiger partial charge in [0.25, 0.3) is 5.69 Å². The number of nitrogens with one attached hydrogen (secondary N) is 1. The highest BCUT2D eigenvalue weighted by Gasteiger charge is 2.62. The normalized spacial score (nSPS) is 23.0. The zero-order valence-electron chi connectivity index (χ0n) is 17.2. The molecule has 9 nitrogen and oxygen atoms in total. The predicted molar refractivity (Wildman–Crippen MR) is 112 cm³/mol. The highest BCUT2D eigenvalue weighted by atomic mass is 16.6. The molecule has 0 aromatic heterocycles. The number of rotatable bonds is 4. The van der Waals surface area contributed by atoms with Crippen molar-refractivity contribution in [1.29, 1.82) is 0 Å². The van der Waals surface area contributed by atoms with Crippen LogP contribution in [0.2, 0.25) is 0 Å². The molecule has 1 N–H and O–H groups in total. The van der Waals surface area contributed by atoms with Crippen LogP contribution in [0.25, 0.3) is 0 Å². The van der Waals surface area contributed by atoms with Crippen LogP contribution in [-0.2, 0) is 16.0 Å². The van der Waals surface area contributed by atoms with Crippen molar-refractivity contribution in [3.05, 3.63) is 69.8 Å². The molecule has 2 aromatic rings. The lowest BCUT2D eigenvalue weighted by atomic mass is 9.66. The van der Waals surface area contributed by atoms with Crippen LogP contribution >= 0.6 is 0 Å². The number of urea groups is 1. The summed E-state index contributed by atoms with van der Waals surface area (Å²) < 4.78 is 0. The molecule has 9 heteroatoms. The smallest absolute Gasteiger partial charge is 0.330 e. The summed E-state index contributed by atoms with van der Waals surface area (Å²) in [5.41, 5.74) is 0.193. The van der Waals surface area contributed by atoms with E-state index in [1.165, 1.54) is 12.1 Å². The number of non-ortho nitro benzene ring substituents is 1. The van der Waals surface area contributed by atoms with Gasteiger partial charge >= 0.3 is 6.03 Å². The fourth-order valence-electron chi connectivity index (χ4n) is 4.71. The summed E-state index contributed by atoms with van der Waals surface area (Å²) in [6.45, 7) is 2.01. The van der Waals surface area contributed by atoms with Crippen LogP contribution in [0.1, 0.15) is 30.5 Å². The molecule has 1 fully saturated rings.